The van der Waals surface area contributed by atoms with Gasteiger partial charge in [-0.1, -0.05) is 23.7 Å². The van der Waals surface area contributed by atoms with E-state index in [1.165, 1.54) is 5.56 Å². The molecule has 0 saturated heterocycles. The second-order valence-corrected chi connectivity index (χ2v) is 5.39. The topological polar surface area (TPSA) is 20.3 Å². The maximum Gasteiger partial charge on any atom is 0.178 e. The fourth-order valence-corrected chi connectivity index (χ4v) is 2.67. The molecule has 2 rings (SSSR count). The predicted octanol–water partition coefficient (Wildman–Crippen LogP) is 3.72. The minimum Gasteiger partial charge on any atom is -0.295 e. The summed E-state index contributed by atoms with van der Waals surface area (Å²) < 4.78 is 0. The van der Waals surface area contributed by atoms with Gasteiger partial charge in [0, 0.05) is 12.1 Å². The summed E-state index contributed by atoms with van der Waals surface area (Å²) in [7, 11) is 1.94. The molecule has 94 valence electrons. The van der Waals surface area contributed by atoms with Crippen LogP contribution >= 0.6 is 22.9 Å². The number of nitrogens with zero attached hydrogens (tertiary/aromatic N) is 1. The van der Waals surface area contributed by atoms with Crippen molar-refractivity contribution in [1.29, 1.82) is 0 Å². The van der Waals surface area contributed by atoms with Crippen LogP contribution in [0.2, 0.25) is 5.02 Å². The number of carbonyl (C=O) groups is 1. The number of halogens is 1. The van der Waals surface area contributed by atoms with E-state index in [9.17, 15) is 4.79 Å². The van der Waals surface area contributed by atoms with E-state index < -0.39 is 0 Å². The van der Waals surface area contributed by atoms with E-state index in [-0.39, 0.29) is 5.78 Å². The molecule has 0 aliphatic heterocycles. The Hall–Kier alpha value is -1.16. The molecule has 2 nitrogen and oxygen atoms in total. The van der Waals surface area contributed by atoms with Crippen molar-refractivity contribution < 1.29 is 4.79 Å². The van der Waals surface area contributed by atoms with Gasteiger partial charge in [-0.2, -0.15) is 11.3 Å². The zero-order valence-corrected chi connectivity index (χ0v) is 11.7. The van der Waals surface area contributed by atoms with E-state index in [0.29, 0.717) is 17.1 Å². The van der Waals surface area contributed by atoms with Gasteiger partial charge >= 0.3 is 0 Å². The van der Waals surface area contributed by atoms with Gasteiger partial charge in [-0.05, 0) is 41.6 Å². The molecule has 1 heterocycles. The van der Waals surface area contributed by atoms with Crippen LogP contribution in [-0.4, -0.2) is 24.3 Å². The highest BCUT2D eigenvalue weighted by atomic mass is 35.5. The minimum atomic E-state index is 0.0540. The van der Waals surface area contributed by atoms with Gasteiger partial charge in [-0.15, -0.1) is 0 Å². The predicted molar refractivity (Wildman–Crippen MR) is 76.4 cm³/mol. The van der Waals surface area contributed by atoms with Gasteiger partial charge in [0.2, 0.25) is 0 Å². The Morgan fingerprint density at radius 2 is 2.11 bits per heavy atom. The summed E-state index contributed by atoms with van der Waals surface area (Å²) in [5.74, 6) is 0.0540. The van der Waals surface area contributed by atoms with Crippen LogP contribution in [0.3, 0.4) is 0 Å². The molecule has 2 aromatic rings. The van der Waals surface area contributed by atoms with E-state index in [1.807, 2.05) is 29.5 Å². The highest BCUT2D eigenvalue weighted by Gasteiger charge is 2.12. The molecule has 0 N–H and O–H groups in total. The van der Waals surface area contributed by atoms with Gasteiger partial charge in [0.05, 0.1) is 11.6 Å². The molecule has 0 spiro atoms. The molecule has 0 atom stereocenters. The Kier molecular flexibility index (Phi) is 4.53. The van der Waals surface area contributed by atoms with Crippen LogP contribution in [-0.2, 0) is 6.54 Å². The normalized spacial score (nSPS) is 10.8. The fourth-order valence-electron chi connectivity index (χ4n) is 1.77. The molecule has 0 aliphatic rings. The standard InChI is InChI=1S/C14H14ClNOS/c1-16(8-11-6-7-18-10-11)9-14(17)12-4-2-3-5-13(12)15/h2-7,10H,8-9H2,1H3. The van der Waals surface area contributed by atoms with Crippen LogP contribution in [0.25, 0.3) is 0 Å². The molecular weight excluding hydrogens is 266 g/mol. The monoisotopic (exact) mass is 279 g/mol. The molecule has 18 heavy (non-hydrogen) atoms. The third-order valence-electron chi connectivity index (χ3n) is 2.62. The lowest BCUT2D eigenvalue weighted by Gasteiger charge is -2.15. The summed E-state index contributed by atoms with van der Waals surface area (Å²) in [6, 6.07) is 9.24. The van der Waals surface area contributed by atoms with Crippen molar-refractivity contribution in [3.05, 3.63) is 57.2 Å². The van der Waals surface area contributed by atoms with E-state index in [2.05, 4.69) is 11.4 Å². The number of carbonyl (C=O) groups excluding carboxylic acids is 1. The molecule has 1 aromatic carbocycles. The average molecular weight is 280 g/mol. The Morgan fingerprint density at radius 1 is 1.33 bits per heavy atom. The van der Waals surface area contributed by atoms with Crippen LogP contribution in [0.4, 0.5) is 0 Å². The second kappa shape index (κ2) is 6.14. The Balaban J connectivity index is 1.97. The lowest BCUT2D eigenvalue weighted by atomic mass is 10.1. The van der Waals surface area contributed by atoms with Gasteiger partial charge in [-0.3, -0.25) is 9.69 Å². The Labute approximate surface area is 116 Å². The third kappa shape index (κ3) is 3.42. The first-order valence-corrected chi connectivity index (χ1v) is 6.96. The number of benzene rings is 1. The van der Waals surface area contributed by atoms with Crippen molar-refractivity contribution in [2.75, 3.05) is 13.6 Å². The van der Waals surface area contributed by atoms with Crippen molar-refractivity contribution >= 4 is 28.7 Å². The number of ketones is 1. The lowest BCUT2D eigenvalue weighted by molar-refractivity contribution is 0.0943. The van der Waals surface area contributed by atoms with Crippen molar-refractivity contribution in [3.63, 3.8) is 0 Å². The summed E-state index contributed by atoms with van der Waals surface area (Å²) in [6.45, 7) is 1.15. The summed E-state index contributed by atoms with van der Waals surface area (Å²) >= 11 is 7.67. The Bertz CT molecular complexity index is 524. The lowest BCUT2D eigenvalue weighted by Crippen LogP contribution is -2.25. The first-order valence-electron chi connectivity index (χ1n) is 5.64. The zero-order valence-electron chi connectivity index (χ0n) is 10.1. The van der Waals surface area contributed by atoms with Crippen LogP contribution in [0.1, 0.15) is 15.9 Å². The van der Waals surface area contributed by atoms with E-state index >= 15 is 0 Å². The molecule has 4 heteroatoms. The van der Waals surface area contributed by atoms with Crippen LogP contribution in [0, 0.1) is 0 Å². The van der Waals surface area contributed by atoms with E-state index in [4.69, 9.17) is 11.6 Å². The summed E-state index contributed by atoms with van der Waals surface area (Å²) in [4.78, 5) is 14.1. The van der Waals surface area contributed by atoms with Gasteiger partial charge in [0.25, 0.3) is 0 Å². The van der Waals surface area contributed by atoms with Crippen LogP contribution in [0.15, 0.2) is 41.1 Å². The largest absolute Gasteiger partial charge is 0.295 e. The first-order chi connectivity index (χ1) is 8.66. The second-order valence-electron chi connectivity index (χ2n) is 4.21. The molecule has 0 radical (unpaired) electrons. The summed E-state index contributed by atoms with van der Waals surface area (Å²) in [5, 5.41) is 4.65. The summed E-state index contributed by atoms with van der Waals surface area (Å²) in [5.41, 5.74) is 1.82. The quantitative estimate of drug-likeness (QED) is 0.778. The molecule has 0 unspecified atom stereocenters. The molecule has 0 amide bonds. The number of rotatable bonds is 5. The number of Topliss-reactive ketones (excluding diaryl/α,β-unsaturated/α-hetero) is 1. The zero-order chi connectivity index (χ0) is 13.0. The highest BCUT2D eigenvalue weighted by Crippen LogP contribution is 2.16. The highest BCUT2D eigenvalue weighted by molar-refractivity contribution is 7.07. The summed E-state index contributed by atoms with van der Waals surface area (Å²) in [6.07, 6.45) is 0. The minimum absolute atomic E-state index is 0.0540. The maximum atomic E-state index is 12.1. The number of hydrogen-bond acceptors (Lipinski definition) is 3. The SMILES string of the molecule is CN(CC(=O)c1ccccc1Cl)Cc1ccsc1. The van der Waals surface area contributed by atoms with Crippen molar-refractivity contribution in [2.45, 2.75) is 6.54 Å². The van der Waals surface area contributed by atoms with Crippen LogP contribution < -0.4 is 0 Å². The van der Waals surface area contributed by atoms with Crippen molar-refractivity contribution in [2.24, 2.45) is 0 Å². The van der Waals surface area contributed by atoms with Crippen molar-refractivity contribution in [1.82, 2.24) is 4.90 Å². The number of hydrogen-bond donors (Lipinski definition) is 0. The third-order valence-corrected chi connectivity index (χ3v) is 3.68. The molecule has 0 fully saturated rings. The van der Waals surface area contributed by atoms with Gasteiger partial charge < -0.3 is 0 Å². The molecular formula is C14H14ClNOS. The maximum absolute atomic E-state index is 12.1. The average Bonchev–Trinajstić information content (AvgIpc) is 2.82. The van der Waals surface area contributed by atoms with E-state index in [1.54, 1.807) is 23.5 Å². The molecule has 0 saturated carbocycles. The van der Waals surface area contributed by atoms with E-state index in [0.717, 1.165) is 6.54 Å². The Morgan fingerprint density at radius 3 is 2.78 bits per heavy atom. The number of likely N-dealkylation sites (N-methyl/N-ethyl adjacent to an activating group) is 1. The van der Waals surface area contributed by atoms with Crippen LogP contribution in [0.5, 0.6) is 0 Å². The molecule has 1 aromatic heterocycles. The van der Waals surface area contributed by atoms with Gasteiger partial charge in [0.15, 0.2) is 5.78 Å². The smallest absolute Gasteiger partial charge is 0.178 e. The molecule has 0 aliphatic carbocycles. The van der Waals surface area contributed by atoms with Gasteiger partial charge in [0.1, 0.15) is 0 Å². The fraction of sp³-hybridized carbons (Fsp3) is 0.214. The van der Waals surface area contributed by atoms with Crippen molar-refractivity contribution in [3.8, 4) is 0 Å². The number of thiophene rings is 1. The molecule has 0 bridgehead atoms. The first kappa shape index (κ1) is 13.3. The van der Waals surface area contributed by atoms with Gasteiger partial charge in [-0.25, -0.2) is 0 Å².